The molecule has 0 aliphatic carbocycles. The van der Waals surface area contributed by atoms with E-state index in [2.05, 4.69) is 10.6 Å². The highest BCUT2D eigenvalue weighted by Crippen LogP contribution is 2.30. The molecular formula is C18H20N2O5. The van der Waals surface area contributed by atoms with Crippen LogP contribution in [0.2, 0.25) is 0 Å². The van der Waals surface area contributed by atoms with Crippen molar-refractivity contribution in [2.75, 3.05) is 5.32 Å². The van der Waals surface area contributed by atoms with Gasteiger partial charge in [0.25, 0.3) is 5.79 Å². The molecule has 7 heteroatoms. The Hall–Kier alpha value is -2.83. The zero-order valence-corrected chi connectivity index (χ0v) is 14.6. The van der Waals surface area contributed by atoms with Crippen LogP contribution in [0.25, 0.3) is 0 Å². The van der Waals surface area contributed by atoms with Crippen molar-refractivity contribution in [1.29, 1.82) is 0 Å². The number of cyclic esters (lactones) is 2. The van der Waals surface area contributed by atoms with E-state index in [0.29, 0.717) is 5.69 Å². The van der Waals surface area contributed by atoms with Crippen LogP contribution in [-0.2, 0) is 35.8 Å². The van der Waals surface area contributed by atoms with Gasteiger partial charge in [-0.05, 0) is 37.1 Å². The van der Waals surface area contributed by atoms with E-state index in [1.165, 1.54) is 20.0 Å². The number of hydrogen-bond acceptors (Lipinski definition) is 6. The summed E-state index contributed by atoms with van der Waals surface area (Å²) < 4.78 is 10.1. The zero-order chi connectivity index (χ0) is 18.4. The van der Waals surface area contributed by atoms with E-state index in [-0.39, 0.29) is 17.9 Å². The van der Waals surface area contributed by atoms with Gasteiger partial charge in [0.15, 0.2) is 5.57 Å². The largest absolute Gasteiger partial charge is 0.419 e. The predicted octanol–water partition coefficient (Wildman–Crippen LogP) is 1.73. The smallest absolute Gasteiger partial charge is 0.350 e. The molecule has 0 spiro atoms. The minimum absolute atomic E-state index is 0.0466. The van der Waals surface area contributed by atoms with Crippen LogP contribution in [-0.4, -0.2) is 23.6 Å². The molecule has 1 amide bonds. The lowest BCUT2D eigenvalue weighted by Gasteiger charge is -2.33. The Balaban J connectivity index is 1.83. The van der Waals surface area contributed by atoms with Gasteiger partial charge in [0.05, 0.1) is 12.0 Å². The van der Waals surface area contributed by atoms with Gasteiger partial charge in [0, 0.05) is 25.7 Å². The SMILES string of the molecule is CC1(C)OC(=O)C(=CNc2ccc3c(c2)CC(=O)NC3(C)C)C(=O)O1. The molecule has 1 aromatic carbocycles. The first kappa shape index (κ1) is 17.0. The van der Waals surface area contributed by atoms with Gasteiger partial charge in [-0.1, -0.05) is 6.07 Å². The number of rotatable bonds is 2. The third-order valence-electron chi connectivity index (χ3n) is 4.08. The van der Waals surface area contributed by atoms with E-state index in [0.717, 1.165) is 11.1 Å². The van der Waals surface area contributed by atoms with Gasteiger partial charge in [-0.15, -0.1) is 0 Å². The Bertz CT molecular complexity index is 786. The number of carbonyl (C=O) groups excluding carboxylic acids is 3. The van der Waals surface area contributed by atoms with E-state index in [1.54, 1.807) is 0 Å². The van der Waals surface area contributed by atoms with Gasteiger partial charge in [0.1, 0.15) is 0 Å². The van der Waals surface area contributed by atoms with Crippen LogP contribution in [0.4, 0.5) is 5.69 Å². The van der Waals surface area contributed by atoms with Gasteiger partial charge in [-0.25, -0.2) is 9.59 Å². The lowest BCUT2D eigenvalue weighted by molar-refractivity contribution is -0.222. The van der Waals surface area contributed by atoms with E-state index in [1.807, 2.05) is 32.0 Å². The molecule has 2 aliphatic rings. The van der Waals surface area contributed by atoms with Crippen molar-refractivity contribution in [2.45, 2.75) is 45.4 Å². The van der Waals surface area contributed by atoms with Gasteiger partial charge in [0.2, 0.25) is 5.91 Å². The molecule has 0 radical (unpaired) electrons. The molecular weight excluding hydrogens is 324 g/mol. The van der Waals surface area contributed by atoms with Crippen LogP contribution in [0.15, 0.2) is 30.0 Å². The first-order valence-corrected chi connectivity index (χ1v) is 7.95. The first-order valence-electron chi connectivity index (χ1n) is 7.95. The second-order valence-electron chi connectivity index (χ2n) is 7.10. The van der Waals surface area contributed by atoms with Crippen LogP contribution >= 0.6 is 0 Å². The average molecular weight is 344 g/mol. The number of amides is 1. The van der Waals surface area contributed by atoms with Crippen LogP contribution in [0.1, 0.15) is 38.8 Å². The summed E-state index contributed by atoms with van der Waals surface area (Å²) in [7, 11) is 0. The van der Waals surface area contributed by atoms with Crippen molar-refractivity contribution < 1.29 is 23.9 Å². The Morgan fingerprint density at radius 3 is 2.36 bits per heavy atom. The van der Waals surface area contributed by atoms with Crippen LogP contribution in [0.5, 0.6) is 0 Å². The van der Waals surface area contributed by atoms with Crippen LogP contribution in [0.3, 0.4) is 0 Å². The van der Waals surface area contributed by atoms with Crippen molar-refractivity contribution in [2.24, 2.45) is 0 Å². The number of carbonyl (C=O) groups is 3. The van der Waals surface area contributed by atoms with Crippen molar-refractivity contribution >= 4 is 23.5 Å². The normalized spacial score (nSPS) is 20.8. The summed E-state index contributed by atoms with van der Waals surface area (Å²) in [6.45, 7) is 6.86. The molecule has 25 heavy (non-hydrogen) atoms. The molecule has 1 fully saturated rings. The third-order valence-corrected chi connectivity index (χ3v) is 4.08. The predicted molar refractivity (Wildman–Crippen MR) is 89.3 cm³/mol. The molecule has 0 saturated carbocycles. The number of fused-ring (bicyclic) bond motifs is 1. The average Bonchev–Trinajstić information content (AvgIpc) is 2.43. The summed E-state index contributed by atoms with van der Waals surface area (Å²) in [5, 5.41) is 5.84. The van der Waals surface area contributed by atoms with E-state index in [4.69, 9.17) is 9.47 Å². The fourth-order valence-electron chi connectivity index (χ4n) is 3.01. The van der Waals surface area contributed by atoms with E-state index in [9.17, 15) is 14.4 Å². The number of ether oxygens (including phenoxy) is 2. The zero-order valence-electron chi connectivity index (χ0n) is 14.6. The van der Waals surface area contributed by atoms with Crippen molar-refractivity contribution in [3.8, 4) is 0 Å². The maximum atomic E-state index is 11.9. The number of benzene rings is 1. The molecule has 1 saturated heterocycles. The second-order valence-corrected chi connectivity index (χ2v) is 7.10. The Morgan fingerprint density at radius 1 is 1.08 bits per heavy atom. The molecule has 0 atom stereocenters. The fraction of sp³-hybridized carbons (Fsp3) is 0.389. The van der Waals surface area contributed by atoms with E-state index < -0.39 is 23.3 Å². The van der Waals surface area contributed by atoms with E-state index >= 15 is 0 Å². The summed E-state index contributed by atoms with van der Waals surface area (Å²) in [6, 6.07) is 5.56. The molecule has 2 heterocycles. The molecule has 1 aromatic rings. The van der Waals surface area contributed by atoms with Crippen molar-refractivity contribution in [3.63, 3.8) is 0 Å². The van der Waals surface area contributed by atoms with Crippen molar-refractivity contribution in [3.05, 3.63) is 41.1 Å². The maximum Gasteiger partial charge on any atom is 0.350 e. The topological polar surface area (TPSA) is 93.7 Å². The fourth-order valence-corrected chi connectivity index (χ4v) is 3.01. The van der Waals surface area contributed by atoms with Gasteiger partial charge < -0.3 is 20.1 Å². The Morgan fingerprint density at radius 2 is 1.72 bits per heavy atom. The van der Waals surface area contributed by atoms with Gasteiger partial charge >= 0.3 is 11.9 Å². The lowest BCUT2D eigenvalue weighted by atomic mass is 9.85. The maximum absolute atomic E-state index is 11.9. The summed E-state index contributed by atoms with van der Waals surface area (Å²) in [5.74, 6) is -2.80. The quantitative estimate of drug-likeness (QED) is 0.482. The summed E-state index contributed by atoms with van der Waals surface area (Å²) in [6.07, 6.45) is 1.54. The molecule has 0 unspecified atom stereocenters. The van der Waals surface area contributed by atoms with Gasteiger partial charge in [-0.2, -0.15) is 0 Å². The third kappa shape index (κ3) is 3.35. The monoisotopic (exact) mass is 344 g/mol. The summed E-state index contributed by atoms with van der Waals surface area (Å²) in [5.41, 5.74) is 1.93. The number of nitrogens with one attached hydrogen (secondary N) is 2. The molecule has 2 aliphatic heterocycles. The van der Waals surface area contributed by atoms with Gasteiger partial charge in [-0.3, -0.25) is 4.79 Å². The number of esters is 2. The Labute approximate surface area is 145 Å². The minimum Gasteiger partial charge on any atom is -0.419 e. The second kappa shape index (κ2) is 5.61. The highest BCUT2D eigenvalue weighted by molar-refractivity contribution is 6.15. The van der Waals surface area contributed by atoms with Crippen LogP contribution < -0.4 is 10.6 Å². The molecule has 132 valence electrons. The molecule has 2 N–H and O–H groups in total. The minimum atomic E-state index is -1.27. The van der Waals surface area contributed by atoms with Crippen LogP contribution in [0, 0.1) is 0 Å². The summed E-state index contributed by atoms with van der Waals surface area (Å²) >= 11 is 0. The molecule has 7 nitrogen and oxygen atoms in total. The summed E-state index contributed by atoms with van der Waals surface area (Å²) in [4.78, 5) is 35.7. The molecule has 0 aromatic heterocycles. The highest BCUT2D eigenvalue weighted by Gasteiger charge is 2.39. The number of hydrogen-bond donors (Lipinski definition) is 2. The number of anilines is 1. The standard InChI is InChI=1S/C18H20N2O5/c1-17(2)13-6-5-11(7-10(13)8-14(21)20-17)19-9-12-15(22)24-18(3,4)25-16(12)23/h5-7,9,19H,8H2,1-4H3,(H,20,21). The molecule has 0 bridgehead atoms. The highest BCUT2D eigenvalue weighted by atomic mass is 16.7. The van der Waals surface area contributed by atoms with Crippen molar-refractivity contribution in [1.82, 2.24) is 5.32 Å². The molecule has 3 rings (SSSR count). The lowest BCUT2D eigenvalue weighted by Crippen LogP contribution is -2.46. The first-order chi connectivity index (χ1) is 11.6. The Kier molecular flexibility index (Phi) is 3.82.